The second kappa shape index (κ2) is 6.08. The summed E-state index contributed by atoms with van der Waals surface area (Å²) < 4.78 is 5.45. The quantitative estimate of drug-likeness (QED) is 0.941. The Morgan fingerprint density at radius 2 is 2.40 bits per heavy atom. The minimum absolute atomic E-state index is 0.597. The number of nitrogens with two attached hydrogens (primary N) is 1. The van der Waals surface area contributed by atoms with E-state index < -0.39 is 0 Å². The van der Waals surface area contributed by atoms with Gasteiger partial charge in [-0.05, 0) is 43.7 Å². The Morgan fingerprint density at radius 3 is 3.15 bits per heavy atom. The summed E-state index contributed by atoms with van der Waals surface area (Å²) in [5.41, 5.74) is 6.83. The first-order valence-electron chi connectivity index (χ1n) is 7.20. The maximum atomic E-state index is 5.81. The molecule has 0 saturated carbocycles. The van der Waals surface area contributed by atoms with Crippen LogP contribution in [-0.2, 0) is 6.54 Å². The van der Waals surface area contributed by atoms with Gasteiger partial charge in [0.2, 0.25) is 0 Å². The molecule has 3 heterocycles. The van der Waals surface area contributed by atoms with E-state index in [-0.39, 0.29) is 0 Å². The van der Waals surface area contributed by atoms with Gasteiger partial charge in [-0.1, -0.05) is 11.2 Å². The molecule has 5 heteroatoms. The van der Waals surface area contributed by atoms with E-state index in [1.807, 2.05) is 6.07 Å². The summed E-state index contributed by atoms with van der Waals surface area (Å²) in [4.78, 5) is 3.60. The summed E-state index contributed by atoms with van der Waals surface area (Å²) >= 11 is 1.68. The highest BCUT2D eigenvalue weighted by Crippen LogP contribution is 2.27. The number of hydrogen-bond acceptors (Lipinski definition) is 5. The molecule has 1 aliphatic rings. The Bertz CT molecular complexity index is 537. The van der Waals surface area contributed by atoms with Gasteiger partial charge in [-0.25, -0.2) is 0 Å². The lowest BCUT2D eigenvalue weighted by Crippen LogP contribution is -2.43. The van der Waals surface area contributed by atoms with Crippen LogP contribution in [0.3, 0.4) is 0 Å². The third-order valence-corrected chi connectivity index (χ3v) is 5.01. The summed E-state index contributed by atoms with van der Waals surface area (Å²) in [6, 6.07) is 6.74. The molecule has 2 aromatic heterocycles. The molecular weight excluding hydrogens is 270 g/mol. The summed E-state index contributed by atoms with van der Waals surface area (Å²) in [5, 5.41) is 6.26. The number of likely N-dealkylation sites (tertiary alicyclic amines) is 1. The van der Waals surface area contributed by atoms with Gasteiger partial charge in [-0.3, -0.25) is 4.90 Å². The van der Waals surface area contributed by atoms with Crippen LogP contribution in [0.1, 0.15) is 25.5 Å². The first-order chi connectivity index (χ1) is 9.76. The van der Waals surface area contributed by atoms with Crippen LogP contribution >= 0.6 is 11.3 Å². The molecule has 3 rings (SSSR count). The molecule has 108 valence electrons. The van der Waals surface area contributed by atoms with Crippen molar-refractivity contribution in [2.75, 3.05) is 13.1 Å². The van der Waals surface area contributed by atoms with E-state index in [1.165, 1.54) is 12.8 Å². The van der Waals surface area contributed by atoms with Crippen molar-refractivity contribution in [1.82, 2.24) is 10.1 Å². The third kappa shape index (κ3) is 2.95. The van der Waals surface area contributed by atoms with Crippen molar-refractivity contribution in [2.45, 2.75) is 32.4 Å². The lowest BCUT2D eigenvalue weighted by molar-refractivity contribution is 0.110. The second-order valence-electron chi connectivity index (χ2n) is 5.62. The molecule has 1 aliphatic heterocycles. The van der Waals surface area contributed by atoms with Gasteiger partial charge in [0.25, 0.3) is 0 Å². The summed E-state index contributed by atoms with van der Waals surface area (Å²) in [6.07, 6.45) is 2.46. The SMILES string of the molecule is CC1CCC(CN)CN1Cc1cc(-c2cccs2)on1. The lowest BCUT2D eigenvalue weighted by atomic mass is 9.93. The van der Waals surface area contributed by atoms with E-state index in [9.17, 15) is 0 Å². The first-order valence-corrected chi connectivity index (χ1v) is 8.08. The summed E-state index contributed by atoms with van der Waals surface area (Å²) in [5.74, 6) is 1.49. The molecule has 0 aromatic carbocycles. The van der Waals surface area contributed by atoms with E-state index in [0.29, 0.717) is 12.0 Å². The normalized spacial score (nSPS) is 24.1. The van der Waals surface area contributed by atoms with Crippen LogP contribution in [0.15, 0.2) is 28.1 Å². The Kier molecular flexibility index (Phi) is 4.19. The van der Waals surface area contributed by atoms with Gasteiger partial charge in [-0.2, -0.15) is 0 Å². The van der Waals surface area contributed by atoms with Crippen molar-refractivity contribution >= 4 is 11.3 Å². The molecule has 0 spiro atoms. The molecule has 1 saturated heterocycles. The van der Waals surface area contributed by atoms with Gasteiger partial charge in [0, 0.05) is 25.2 Å². The van der Waals surface area contributed by atoms with Gasteiger partial charge >= 0.3 is 0 Å². The number of nitrogens with zero attached hydrogens (tertiary/aromatic N) is 2. The van der Waals surface area contributed by atoms with Crippen LogP contribution in [-0.4, -0.2) is 29.2 Å². The molecular formula is C15H21N3OS. The molecule has 0 amide bonds. The van der Waals surface area contributed by atoms with Gasteiger partial charge in [0.05, 0.1) is 10.6 Å². The van der Waals surface area contributed by atoms with Gasteiger partial charge < -0.3 is 10.3 Å². The number of hydrogen-bond donors (Lipinski definition) is 1. The zero-order chi connectivity index (χ0) is 13.9. The van der Waals surface area contributed by atoms with Crippen LogP contribution in [0, 0.1) is 5.92 Å². The average Bonchev–Trinajstić information content (AvgIpc) is 3.12. The topological polar surface area (TPSA) is 55.3 Å². The van der Waals surface area contributed by atoms with Crippen molar-refractivity contribution in [2.24, 2.45) is 11.7 Å². The Hall–Kier alpha value is -1.17. The minimum Gasteiger partial charge on any atom is -0.355 e. The Morgan fingerprint density at radius 1 is 1.50 bits per heavy atom. The lowest BCUT2D eigenvalue weighted by Gasteiger charge is -2.37. The predicted octanol–water partition coefficient (Wildman–Crippen LogP) is 2.96. The fraction of sp³-hybridized carbons (Fsp3) is 0.533. The van der Waals surface area contributed by atoms with E-state index in [4.69, 9.17) is 10.3 Å². The molecule has 20 heavy (non-hydrogen) atoms. The molecule has 2 unspecified atom stereocenters. The zero-order valence-corrected chi connectivity index (χ0v) is 12.6. The fourth-order valence-electron chi connectivity index (χ4n) is 2.80. The molecule has 0 aliphatic carbocycles. The maximum absolute atomic E-state index is 5.81. The first kappa shape index (κ1) is 13.8. The van der Waals surface area contributed by atoms with Crippen molar-refractivity contribution in [3.05, 3.63) is 29.3 Å². The molecule has 0 bridgehead atoms. The van der Waals surface area contributed by atoms with Crippen LogP contribution < -0.4 is 5.73 Å². The largest absolute Gasteiger partial charge is 0.355 e. The monoisotopic (exact) mass is 291 g/mol. The molecule has 2 aromatic rings. The fourth-order valence-corrected chi connectivity index (χ4v) is 3.48. The van der Waals surface area contributed by atoms with E-state index in [0.717, 1.165) is 36.0 Å². The van der Waals surface area contributed by atoms with Crippen molar-refractivity contribution < 1.29 is 4.52 Å². The maximum Gasteiger partial charge on any atom is 0.177 e. The van der Waals surface area contributed by atoms with Gasteiger partial charge in [0.1, 0.15) is 0 Å². The summed E-state index contributed by atoms with van der Waals surface area (Å²) in [7, 11) is 0. The Labute approximate surface area is 123 Å². The molecule has 2 atom stereocenters. The van der Waals surface area contributed by atoms with E-state index in [1.54, 1.807) is 11.3 Å². The highest BCUT2D eigenvalue weighted by Gasteiger charge is 2.25. The minimum atomic E-state index is 0.597. The predicted molar refractivity (Wildman–Crippen MR) is 81.5 cm³/mol. The third-order valence-electron chi connectivity index (χ3n) is 4.13. The summed E-state index contributed by atoms with van der Waals surface area (Å²) in [6.45, 7) is 4.99. The highest BCUT2D eigenvalue weighted by molar-refractivity contribution is 7.13. The number of aromatic nitrogens is 1. The van der Waals surface area contributed by atoms with E-state index >= 15 is 0 Å². The zero-order valence-electron chi connectivity index (χ0n) is 11.8. The van der Waals surface area contributed by atoms with Crippen LogP contribution in [0.4, 0.5) is 0 Å². The highest BCUT2D eigenvalue weighted by atomic mass is 32.1. The van der Waals surface area contributed by atoms with Crippen molar-refractivity contribution in [1.29, 1.82) is 0 Å². The average molecular weight is 291 g/mol. The molecule has 1 fully saturated rings. The number of rotatable bonds is 4. The van der Waals surface area contributed by atoms with E-state index in [2.05, 4.69) is 34.5 Å². The van der Waals surface area contributed by atoms with Crippen molar-refractivity contribution in [3.63, 3.8) is 0 Å². The van der Waals surface area contributed by atoms with Crippen LogP contribution in [0.5, 0.6) is 0 Å². The van der Waals surface area contributed by atoms with Crippen molar-refractivity contribution in [3.8, 4) is 10.6 Å². The number of piperidine rings is 1. The molecule has 0 radical (unpaired) electrons. The Balaban J connectivity index is 1.68. The smallest absolute Gasteiger partial charge is 0.177 e. The van der Waals surface area contributed by atoms with Gasteiger partial charge in [-0.15, -0.1) is 11.3 Å². The van der Waals surface area contributed by atoms with Gasteiger partial charge in [0.15, 0.2) is 5.76 Å². The van der Waals surface area contributed by atoms with Crippen LogP contribution in [0.2, 0.25) is 0 Å². The van der Waals surface area contributed by atoms with Crippen LogP contribution in [0.25, 0.3) is 10.6 Å². The standard InChI is InChI=1S/C15H21N3OS/c1-11-4-5-12(8-16)9-18(11)10-13-7-14(19-17-13)15-3-2-6-20-15/h2-3,6-7,11-12H,4-5,8-10,16H2,1H3. The number of thiophene rings is 1. The molecule has 4 nitrogen and oxygen atoms in total. The molecule has 2 N–H and O–H groups in total. The second-order valence-corrected chi connectivity index (χ2v) is 6.57.